The molecule has 1 N–H and O–H groups in total. The van der Waals surface area contributed by atoms with Gasteiger partial charge in [0.15, 0.2) is 5.57 Å². The average Bonchev–Trinajstić information content (AvgIpc) is 2.40. The van der Waals surface area contributed by atoms with Crippen molar-refractivity contribution in [2.75, 3.05) is 18.7 Å². The highest BCUT2D eigenvalue weighted by Gasteiger charge is 2.15. The Kier molecular flexibility index (Phi) is 5.28. The Morgan fingerprint density at radius 1 is 1.39 bits per heavy atom. The van der Waals surface area contributed by atoms with E-state index in [0.29, 0.717) is 5.03 Å². The molecule has 0 bridgehead atoms. The van der Waals surface area contributed by atoms with E-state index < -0.39 is 5.97 Å². The minimum Gasteiger partial charge on any atom is -0.465 e. The van der Waals surface area contributed by atoms with Crippen molar-refractivity contribution in [3.8, 4) is 6.07 Å². The van der Waals surface area contributed by atoms with E-state index in [0.717, 1.165) is 11.3 Å². The number of benzene rings is 1. The lowest BCUT2D eigenvalue weighted by Crippen LogP contribution is -2.09. The molecule has 1 aromatic rings. The zero-order valence-electron chi connectivity index (χ0n) is 10.5. The number of thioether (sulfide) groups is 1. The molecule has 5 heteroatoms. The van der Waals surface area contributed by atoms with Gasteiger partial charge < -0.3 is 10.1 Å². The molecule has 0 saturated carbocycles. The zero-order valence-corrected chi connectivity index (χ0v) is 11.3. The van der Waals surface area contributed by atoms with Crippen LogP contribution in [0.2, 0.25) is 0 Å². The van der Waals surface area contributed by atoms with E-state index >= 15 is 0 Å². The topological polar surface area (TPSA) is 62.1 Å². The molecule has 18 heavy (non-hydrogen) atoms. The predicted octanol–water partition coefficient (Wildman–Crippen LogP) is 2.68. The molecular weight excluding hydrogens is 248 g/mol. The highest BCUT2D eigenvalue weighted by molar-refractivity contribution is 8.02. The van der Waals surface area contributed by atoms with Gasteiger partial charge in [-0.05, 0) is 25.3 Å². The molecule has 4 nitrogen and oxygen atoms in total. The van der Waals surface area contributed by atoms with E-state index in [1.54, 1.807) is 6.26 Å². The fourth-order valence-corrected chi connectivity index (χ4v) is 1.83. The molecule has 0 radical (unpaired) electrons. The third kappa shape index (κ3) is 3.54. The van der Waals surface area contributed by atoms with Crippen LogP contribution in [0.5, 0.6) is 0 Å². The first-order valence-electron chi connectivity index (χ1n) is 5.22. The van der Waals surface area contributed by atoms with Crippen LogP contribution in [0.25, 0.3) is 0 Å². The second kappa shape index (κ2) is 6.72. The van der Waals surface area contributed by atoms with Gasteiger partial charge in [0.1, 0.15) is 6.07 Å². The number of esters is 1. The molecular formula is C13H14N2O2S. The summed E-state index contributed by atoms with van der Waals surface area (Å²) in [6, 6.07) is 9.53. The Morgan fingerprint density at radius 2 is 2.00 bits per heavy atom. The number of rotatable bonds is 4. The maximum absolute atomic E-state index is 11.4. The summed E-state index contributed by atoms with van der Waals surface area (Å²) in [5.74, 6) is -0.638. The molecule has 0 fully saturated rings. The van der Waals surface area contributed by atoms with Crippen molar-refractivity contribution in [1.82, 2.24) is 0 Å². The standard InChI is InChI=1S/C13H14N2O2S/c1-9-4-6-10(7-5-9)15-12(18-3)11(8-14)13(16)17-2/h4-7,15H,1-3H3/b12-11-. The average molecular weight is 262 g/mol. The van der Waals surface area contributed by atoms with Crippen LogP contribution < -0.4 is 5.32 Å². The number of nitrogens with one attached hydrogen (secondary N) is 1. The van der Waals surface area contributed by atoms with Crippen LogP contribution in [0.1, 0.15) is 5.56 Å². The third-order valence-electron chi connectivity index (χ3n) is 2.24. The summed E-state index contributed by atoms with van der Waals surface area (Å²) in [5.41, 5.74) is 1.94. The maximum Gasteiger partial charge on any atom is 0.351 e. The van der Waals surface area contributed by atoms with Crippen LogP contribution in [0, 0.1) is 18.3 Å². The molecule has 0 unspecified atom stereocenters. The van der Waals surface area contributed by atoms with Crippen molar-refractivity contribution in [2.45, 2.75) is 6.92 Å². The highest BCUT2D eigenvalue weighted by atomic mass is 32.2. The van der Waals surface area contributed by atoms with Crippen molar-refractivity contribution in [3.05, 3.63) is 40.4 Å². The summed E-state index contributed by atoms with van der Waals surface area (Å²) in [6.07, 6.45) is 1.79. The Bertz CT molecular complexity index is 501. The Balaban J connectivity index is 3.03. The Labute approximate surface area is 111 Å². The number of aryl methyl sites for hydroxylation is 1. The number of nitriles is 1. The molecule has 0 aliphatic carbocycles. The number of nitrogens with zero attached hydrogens (tertiary/aromatic N) is 1. The molecule has 0 aromatic heterocycles. The van der Waals surface area contributed by atoms with Crippen molar-refractivity contribution >= 4 is 23.4 Å². The van der Waals surface area contributed by atoms with Gasteiger partial charge in [0.2, 0.25) is 0 Å². The monoisotopic (exact) mass is 262 g/mol. The van der Waals surface area contributed by atoms with Gasteiger partial charge in [-0.3, -0.25) is 0 Å². The van der Waals surface area contributed by atoms with Crippen molar-refractivity contribution in [2.24, 2.45) is 0 Å². The van der Waals surface area contributed by atoms with Gasteiger partial charge in [-0.2, -0.15) is 5.26 Å². The van der Waals surface area contributed by atoms with E-state index in [2.05, 4.69) is 10.1 Å². The van der Waals surface area contributed by atoms with Crippen molar-refractivity contribution < 1.29 is 9.53 Å². The second-order valence-electron chi connectivity index (χ2n) is 3.50. The highest BCUT2D eigenvalue weighted by Crippen LogP contribution is 2.21. The number of carbonyl (C=O) groups excluding carboxylic acids is 1. The van der Waals surface area contributed by atoms with Crippen LogP contribution in [0.4, 0.5) is 5.69 Å². The number of anilines is 1. The lowest BCUT2D eigenvalue weighted by molar-refractivity contribution is -0.135. The minimum absolute atomic E-state index is 0.0226. The molecule has 1 rings (SSSR count). The number of ether oxygens (including phenoxy) is 1. The fourth-order valence-electron chi connectivity index (χ4n) is 1.27. The van der Waals surface area contributed by atoms with Gasteiger partial charge in [-0.15, -0.1) is 11.8 Å². The number of hydrogen-bond donors (Lipinski definition) is 1. The largest absolute Gasteiger partial charge is 0.465 e. The SMILES string of the molecule is COC(=O)/C(C#N)=C(/Nc1ccc(C)cc1)SC. The van der Waals surface area contributed by atoms with E-state index in [-0.39, 0.29) is 5.57 Å². The zero-order chi connectivity index (χ0) is 13.5. The van der Waals surface area contributed by atoms with Crippen LogP contribution in [0.15, 0.2) is 34.9 Å². The smallest absolute Gasteiger partial charge is 0.351 e. The van der Waals surface area contributed by atoms with E-state index in [4.69, 9.17) is 5.26 Å². The summed E-state index contributed by atoms with van der Waals surface area (Å²) >= 11 is 1.29. The molecule has 1 aromatic carbocycles. The van der Waals surface area contributed by atoms with Gasteiger partial charge in [0.25, 0.3) is 0 Å². The van der Waals surface area contributed by atoms with Crippen LogP contribution >= 0.6 is 11.8 Å². The molecule has 0 amide bonds. The molecule has 0 atom stereocenters. The Morgan fingerprint density at radius 3 is 2.44 bits per heavy atom. The summed E-state index contributed by atoms with van der Waals surface area (Å²) in [7, 11) is 1.25. The Hall–Kier alpha value is -1.93. The molecule has 0 heterocycles. The molecule has 0 aliphatic heterocycles. The van der Waals surface area contributed by atoms with Crippen molar-refractivity contribution in [3.63, 3.8) is 0 Å². The fraction of sp³-hybridized carbons (Fsp3) is 0.231. The number of methoxy groups -OCH3 is 1. The second-order valence-corrected chi connectivity index (χ2v) is 4.32. The van der Waals surface area contributed by atoms with Gasteiger partial charge in [-0.1, -0.05) is 17.7 Å². The number of carbonyl (C=O) groups is 1. The molecule has 0 saturated heterocycles. The quantitative estimate of drug-likeness (QED) is 0.513. The first kappa shape index (κ1) is 14.1. The number of hydrogen-bond acceptors (Lipinski definition) is 5. The normalized spacial score (nSPS) is 11.2. The predicted molar refractivity (Wildman–Crippen MR) is 73.0 cm³/mol. The summed E-state index contributed by atoms with van der Waals surface area (Å²) in [6.45, 7) is 1.99. The van der Waals surface area contributed by atoms with Crippen LogP contribution in [-0.4, -0.2) is 19.3 Å². The van der Waals surface area contributed by atoms with Crippen LogP contribution in [0.3, 0.4) is 0 Å². The van der Waals surface area contributed by atoms with Gasteiger partial charge in [0.05, 0.1) is 12.1 Å². The minimum atomic E-state index is -0.638. The lowest BCUT2D eigenvalue weighted by Gasteiger charge is -2.10. The molecule has 0 aliphatic rings. The van der Waals surface area contributed by atoms with Gasteiger partial charge in [0, 0.05) is 5.69 Å². The first-order valence-corrected chi connectivity index (χ1v) is 6.45. The van der Waals surface area contributed by atoms with Gasteiger partial charge in [-0.25, -0.2) is 4.79 Å². The maximum atomic E-state index is 11.4. The van der Waals surface area contributed by atoms with E-state index in [1.165, 1.54) is 18.9 Å². The molecule has 0 spiro atoms. The third-order valence-corrected chi connectivity index (χ3v) is 2.96. The summed E-state index contributed by atoms with van der Waals surface area (Å²) in [4.78, 5) is 11.4. The lowest BCUT2D eigenvalue weighted by atomic mass is 10.2. The summed E-state index contributed by atoms with van der Waals surface area (Å²) < 4.78 is 4.57. The first-order chi connectivity index (χ1) is 8.62. The van der Waals surface area contributed by atoms with E-state index in [1.807, 2.05) is 37.3 Å². The van der Waals surface area contributed by atoms with Crippen LogP contribution in [-0.2, 0) is 9.53 Å². The van der Waals surface area contributed by atoms with Crippen molar-refractivity contribution in [1.29, 1.82) is 5.26 Å². The van der Waals surface area contributed by atoms with Gasteiger partial charge >= 0.3 is 5.97 Å². The molecule has 94 valence electrons. The summed E-state index contributed by atoms with van der Waals surface area (Å²) in [5, 5.41) is 12.5. The van der Waals surface area contributed by atoms with E-state index in [9.17, 15) is 4.79 Å².